The van der Waals surface area contributed by atoms with Crippen molar-refractivity contribution < 1.29 is 36.2 Å². The van der Waals surface area contributed by atoms with Crippen LogP contribution in [0.1, 0.15) is 80.3 Å². The number of rotatable bonds is 3. The van der Waals surface area contributed by atoms with Crippen molar-refractivity contribution in [2.45, 2.75) is 87.7 Å². The Balaban J connectivity index is 1.23. The average Bonchev–Trinajstić information content (AvgIpc) is 3.22. The molecule has 14 heteroatoms. The van der Waals surface area contributed by atoms with E-state index in [1.165, 1.54) is 16.0 Å². The van der Waals surface area contributed by atoms with Gasteiger partial charge in [-0.15, -0.1) is 0 Å². The van der Waals surface area contributed by atoms with Crippen LogP contribution in [0.2, 0.25) is 5.02 Å². The van der Waals surface area contributed by atoms with Gasteiger partial charge < -0.3 is 14.7 Å². The van der Waals surface area contributed by atoms with Crippen molar-refractivity contribution in [1.29, 1.82) is 0 Å². The average molecular weight is 781 g/mol. The van der Waals surface area contributed by atoms with Gasteiger partial charge in [0.25, 0.3) is 5.91 Å². The van der Waals surface area contributed by atoms with Gasteiger partial charge in [-0.2, -0.15) is 13.2 Å². The smallest absolute Gasteiger partial charge is 0.401 e. The highest BCUT2D eigenvalue weighted by molar-refractivity contribution is 7.90. The Kier molecular flexibility index (Phi) is 10.8. The Hall–Kier alpha value is -2.58. The number of ether oxygens (including phenoxy) is 1. The SMILES string of the molecule is C[C@@H]1[C@@H](C)CCC[C@](O)(CN2CCN(CC(F)(F)F)CC2)[C@@H]2CC[C@H]2CN2C[C@@]3(CCCc4cc(Cl)ccc43)COc3ccc(cc32)C(=O)NS1(=O)=O. The van der Waals surface area contributed by atoms with Crippen LogP contribution in [0.4, 0.5) is 18.9 Å². The molecule has 2 aromatic carbocycles. The number of fused-ring (bicyclic) bond motifs is 4. The number of benzene rings is 2. The third-order valence-electron chi connectivity index (χ3n) is 13.0. The fourth-order valence-corrected chi connectivity index (χ4v) is 11.2. The number of piperazine rings is 1. The topological polar surface area (TPSA) is 102 Å². The number of halogens is 4. The molecule has 2 bridgehead atoms. The van der Waals surface area contributed by atoms with Gasteiger partial charge in [-0.3, -0.25) is 14.6 Å². The first kappa shape index (κ1) is 38.7. The maximum Gasteiger partial charge on any atom is 0.401 e. The van der Waals surface area contributed by atoms with Crippen molar-refractivity contribution in [2.75, 3.05) is 63.9 Å². The zero-order chi connectivity index (χ0) is 37.8. The van der Waals surface area contributed by atoms with Crippen LogP contribution in [0.3, 0.4) is 0 Å². The zero-order valence-electron chi connectivity index (χ0n) is 30.6. The van der Waals surface area contributed by atoms with Crippen molar-refractivity contribution in [2.24, 2.45) is 17.8 Å². The number of β-amino-alcohol motifs (C(OH)–C–C–N with tert-alkyl or cyclic N) is 1. The fourth-order valence-electron chi connectivity index (χ4n) is 9.71. The zero-order valence-corrected chi connectivity index (χ0v) is 32.2. The quantitative estimate of drug-likeness (QED) is 0.391. The number of hydrogen-bond acceptors (Lipinski definition) is 8. The minimum absolute atomic E-state index is 0.0624. The van der Waals surface area contributed by atoms with Crippen LogP contribution in [-0.4, -0.2) is 105 Å². The van der Waals surface area contributed by atoms with E-state index >= 15 is 0 Å². The number of carbonyl (C=O) groups is 1. The first-order valence-electron chi connectivity index (χ1n) is 19.1. The summed E-state index contributed by atoms with van der Waals surface area (Å²) in [4.78, 5) is 19.4. The number of sulfonamides is 1. The highest BCUT2D eigenvalue weighted by Crippen LogP contribution is 2.49. The Morgan fingerprint density at radius 1 is 1.00 bits per heavy atom. The van der Waals surface area contributed by atoms with Gasteiger partial charge in [-0.05, 0) is 111 Å². The van der Waals surface area contributed by atoms with E-state index in [-0.39, 0.29) is 41.8 Å². The molecule has 6 atom stereocenters. The lowest BCUT2D eigenvalue weighted by Gasteiger charge is -2.52. The summed E-state index contributed by atoms with van der Waals surface area (Å²) >= 11 is 6.45. The van der Waals surface area contributed by atoms with Crippen molar-refractivity contribution in [3.63, 3.8) is 0 Å². The van der Waals surface area contributed by atoms with Crippen LogP contribution in [-0.2, 0) is 21.9 Å². The first-order valence-corrected chi connectivity index (χ1v) is 21.1. The van der Waals surface area contributed by atoms with Gasteiger partial charge in [0, 0.05) is 61.8 Å². The Labute approximate surface area is 316 Å². The molecule has 9 nitrogen and oxygen atoms in total. The van der Waals surface area contributed by atoms with Crippen LogP contribution in [0.15, 0.2) is 36.4 Å². The summed E-state index contributed by atoms with van der Waals surface area (Å²) in [5.41, 5.74) is 1.88. The maximum absolute atomic E-state index is 13.6. The van der Waals surface area contributed by atoms with Crippen LogP contribution >= 0.6 is 11.6 Å². The Morgan fingerprint density at radius 3 is 2.47 bits per heavy atom. The summed E-state index contributed by atoms with van der Waals surface area (Å²) < 4.78 is 75.4. The number of carbonyl (C=O) groups excluding carboxylic acids is 1. The molecule has 7 rings (SSSR count). The number of alkyl halides is 3. The lowest BCUT2D eigenvalue weighted by molar-refractivity contribution is -0.152. The van der Waals surface area contributed by atoms with Crippen molar-refractivity contribution >= 4 is 33.2 Å². The number of anilines is 1. The molecule has 53 heavy (non-hydrogen) atoms. The van der Waals surface area contributed by atoms with Gasteiger partial charge in [0.2, 0.25) is 10.0 Å². The summed E-state index contributed by atoms with van der Waals surface area (Å²) in [7, 11) is -4.03. The van der Waals surface area contributed by atoms with Gasteiger partial charge in [0.05, 0.1) is 29.7 Å². The standard InChI is InChI=1S/C39H52ClF3N4O5S/c1-26-5-3-14-38(49,23-45-15-17-46(18-16-45)24-39(41,42)43)33-10-7-30(33)21-47-22-37(13-4-6-28-19-31(40)9-11-32(28)37)25-52-35-12-8-29(20-34(35)47)36(48)44-53(50,51)27(26)2/h8-9,11-12,19-20,26-27,30,33,49H,3-7,10,13-18,21-25H2,1-2H3,(H,44,48)/t26-,27+,30-,33+,37-,38-/m0/s1. The van der Waals surface area contributed by atoms with Crippen LogP contribution in [0.5, 0.6) is 5.75 Å². The van der Waals surface area contributed by atoms with Crippen LogP contribution in [0, 0.1) is 17.8 Å². The number of hydrogen-bond donors (Lipinski definition) is 2. The van der Waals surface area contributed by atoms with Gasteiger partial charge in [-0.1, -0.05) is 31.0 Å². The minimum Gasteiger partial charge on any atom is -0.490 e. The highest BCUT2D eigenvalue weighted by atomic mass is 35.5. The largest absolute Gasteiger partial charge is 0.490 e. The molecule has 3 aliphatic heterocycles. The molecule has 0 unspecified atom stereocenters. The van der Waals surface area contributed by atoms with Gasteiger partial charge >= 0.3 is 6.18 Å². The monoisotopic (exact) mass is 780 g/mol. The highest BCUT2D eigenvalue weighted by Gasteiger charge is 2.50. The molecule has 2 N–H and O–H groups in total. The van der Waals surface area contributed by atoms with E-state index in [0.717, 1.165) is 37.8 Å². The van der Waals surface area contributed by atoms with E-state index in [1.807, 2.05) is 19.1 Å². The molecule has 292 valence electrons. The normalized spacial score (nSPS) is 32.8. The van der Waals surface area contributed by atoms with Crippen molar-refractivity contribution in [1.82, 2.24) is 14.5 Å². The summed E-state index contributed by atoms with van der Waals surface area (Å²) in [5.74, 6) is -0.298. The van der Waals surface area contributed by atoms with E-state index in [9.17, 15) is 31.5 Å². The van der Waals surface area contributed by atoms with E-state index in [2.05, 4.69) is 20.6 Å². The van der Waals surface area contributed by atoms with E-state index in [1.54, 1.807) is 25.1 Å². The summed E-state index contributed by atoms with van der Waals surface area (Å²) in [6.45, 7) is 5.96. The number of nitrogens with zero attached hydrogens (tertiary/aromatic N) is 3. The van der Waals surface area contributed by atoms with Gasteiger partial charge in [0.15, 0.2) is 0 Å². The van der Waals surface area contributed by atoms with E-state index in [0.29, 0.717) is 69.4 Å². The molecule has 0 aromatic heterocycles. The lowest BCUT2D eigenvalue weighted by atomic mass is 9.62. The second-order valence-corrected chi connectivity index (χ2v) is 19.0. The minimum atomic E-state index is -4.25. The lowest BCUT2D eigenvalue weighted by Crippen LogP contribution is -2.59. The molecule has 1 saturated carbocycles. The molecular weight excluding hydrogens is 729 g/mol. The number of nitrogens with one attached hydrogen (secondary N) is 1. The first-order chi connectivity index (χ1) is 25.0. The second kappa shape index (κ2) is 14.8. The maximum atomic E-state index is 13.6. The van der Waals surface area contributed by atoms with Crippen molar-refractivity contribution in [3.05, 3.63) is 58.1 Å². The molecule has 2 aliphatic carbocycles. The molecule has 1 amide bonds. The van der Waals surface area contributed by atoms with E-state index in [4.69, 9.17) is 16.3 Å². The predicted molar refractivity (Wildman–Crippen MR) is 199 cm³/mol. The molecule has 1 spiro atoms. The summed E-state index contributed by atoms with van der Waals surface area (Å²) in [6.07, 6.45) is 1.80. The van der Waals surface area contributed by atoms with Crippen molar-refractivity contribution in [3.8, 4) is 5.75 Å². The fraction of sp³-hybridized carbons (Fsp3) is 0.667. The molecule has 2 aromatic rings. The third-order valence-corrected chi connectivity index (χ3v) is 15.2. The van der Waals surface area contributed by atoms with Gasteiger partial charge in [-0.25, -0.2) is 13.1 Å². The Bertz CT molecular complexity index is 1790. The summed E-state index contributed by atoms with van der Waals surface area (Å²) in [5, 5.41) is 12.6. The van der Waals surface area contributed by atoms with Crippen LogP contribution in [0.25, 0.3) is 0 Å². The number of amides is 1. The molecule has 2 fully saturated rings. The molecule has 3 heterocycles. The Morgan fingerprint density at radius 2 is 1.75 bits per heavy atom. The third kappa shape index (κ3) is 8.20. The molecule has 5 aliphatic rings. The molecule has 0 radical (unpaired) electrons. The predicted octanol–water partition coefficient (Wildman–Crippen LogP) is 6.02. The van der Waals surface area contributed by atoms with E-state index < -0.39 is 39.5 Å². The molecule has 1 saturated heterocycles. The number of aliphatic hydroxyl groups is 1. The summed E-state index contributed by atoms with van der Waals surface area (Å²) in [6, 6.07) is 11.2. The number of aryl methyl sites for hydroxylation is 1. The van der Waals surface area contributed by atoms with Gasteiger partial charge in [0.1, 0.15) is 5.75 Å². The second-order valence-electron chi connectivity index (χ2n) is 16.6. The van der Waals surface area contributed by atoms with Crippen LogP contribution < -0.4 is 14.4 Å². The molecular formula is C39H52ClF3N4O5S.